The van der Waals surface area contributed by atoms with Crippen LogP contribution in [0, 0.1) is 0 Å². The van der Waals surface area contributed by atoms with E-state index in [2.05, 4.69) is 24.8 Å². The lowest BCUT2D eigenvalue weighted by Crippen LogP contribution is -2.43. The fourth-order valence-corrected chi connectivity index (χ4v) is 3.93. The minimum Gasteiger partial charge on any atom is -0.477 e. The van der Waals surface area contributed by atoms with Gasteiger partial charge in [-0.25, -0.2) is 9.97 Å². The van der Waals surface area contributed by atoms with Crippen molar-refractivity contribution in [3.8, 4) is 17.3 Å². The van der Waals surface area contributed by atoms with Crippen LogP contribution in [0.2, 0.25) is 0 Å². The van der Waals surface area contributed by atoms with Gasteiger partial charge in [-0.05, 0) is 37.5 Å². The van der Waals surface area contributed by atoms with Crippen LogP contribution in [-0.2, 0) is 6.42 Å². The fraction of sp³-hybridized carbons (Fsp3) is 0.375. The molecule has 0 spiro atoms. The summed E-state index contributed by atoms with van der Waals surface area (Å²) in [6.45, 7) is 4.23. The van der Waals surface area contributed by atoms with Gasteiger partial charge in [-0.2, -0.15) is 0 Å². The Labute approximate surface area is 193 Å². The van der Waals surface area contributed by atoms with Crippen LogP contribution in [0.1, 0.15) is 42.2 Å². The molecule has 9 heteroatoms. The zero-order valence-corrected chi connectivity index (χ0v) is 18.8. The van der Waals surface area contributed by atoms with Gasteiger partial charge >= 0.3 is 0 Å². The van der Waals surface area contributed by atoms with Crippen LogP contribution in [0.4, 0.5) is 11.4 Å². The van der Waals surface area contributed by atoms with E-state index in [1.54, 1.807) is 36.9 Å². The van der Waals surface area contributed by atoms with Crippen LogP contribution >= 0.6 is 0 Å². The van der Waals surface area contributed by atoms with Crippen LogP contribution < -0.4 is 21.1 Å². The normalized spacial score (nSPS) is 15.9. The molecule has 0 saturated carbocycles. The molecule has 1 saturated heterocycles. The number of nitrogens with two attached hydrogens (primary N) is 2. The third-order valence-corrected chi connectivity index (χ3v) is 5.55. The largest absolute Gasteiger partial charge is 0.477 e. The van der Waals surface area contributed by atoms with E-state index in [0.29, 0.717) is 29.6 Å². The smallest absolute Gasteiger partial charge is 0.232 e. The lowest BCUT2D eigenvalue weighted by Gasteiger charge is -2.33. The van der Waals surface area contributed by atoms with Crippen LogP contribution in [0.25, 0.3) is 11.4 Å². The monoisotopic (exact) mass is 447 g/mol. The number of anilines is 2. The van der Waals surface area contributed by atoms with Crippen molar-refractivity contribution in [2.24, 2.45) is 5.73 Å². The first-order valence-corrected chi connectivity index (χ1v) is 11.2. The van der Waals surface area contributed by atoms with Gasteiger partial charge in [0.15, 0.2) is 5.78 Å². The molecule has 1 aliphatic rings. The molecule has 1 fully saturated rings. The Morgan fingerprint density at radius 2 is 2.03 bits per heavy atom. The van der Waals surface area contributed by atoms with Gasteiger partial charge in [0.1, 0.15) is 11.4 Å². The summed E-state index contributed by atoms with van der Waals surface area (Å²) in [7, 11) is 0. The molecule has 4 N–H and O–H groups in total. The molecule has 172 valence electrons. The fourth-order valence-electron chi connectivity index (χ4n) is 3.93. The summed E-state index contributed by atoms with van der Waals surface area (Å²) in [5.41, 5.74) is 15.7. The predicted molar refractivity (Wildman–Crippen MR) is 127 cm³/mol. The van der Waals surface area contributed by atoms with E-state index in [4.69, 9.17) is 16.2 Å². The van der Waals surface area contributed by atoms with E-state index in [0.717, 1.165) is 43.6 Å². The topological polar surface area (TPSA) is 133 Å². The number of pyridine rings is 2. The Morgan fingerprint density at radius 1 is 1.15 bits per heavy atom. The van der Waals surface area contributed by atoms with E-state index in [9.17, 15) is 4.79 Å². The second-order valence-corrected chi connectivity index (χ2v) is 8.18. The summed E-state index contributed by atoms with van der Waals surface area (Å²) < 4.78 is 5.56. The van der Waals surface area contributed by atoms with Crippen LogP contribution in [0.3, 0.4) is 0 Å². The van der Waals surface area contributed by atoms with Gasteiger partial charge in [-0.3, -0.25) is 14.8 Å². The molecule has 33 heavy (non-hydrogen) atoms. The number of piperidine rings is 1. The first-order valence-electron chi connectivity index (χ1n) is 11.2. The number of aromatic nitrogens is 4. The first-order chi connectivity index (χ1) is 16.0. The summed E-state index contributed by atoms with van der Waals surface area (Å²) in [4.78, 5) is 32.9. The molecule has 1 aliphatic heterocycles. The second-order valence-electron chi connectivity index (χ2n) is 8.18. The van der Waals surface area contributed by atoms with Crippen LogP contribution in [0.15, 0.2) is 43.0 Å². The van der Waals surface area contributed by atoms with Crippen LogP contribution in [-0.4, -0.2) is 51.5 Å². The highest BCUT2D eigenvalue weighted by Crippen LogP contribution is 2.26. The van der Waals surface area contributed by atoms with Crippen molar-refractivity contribution in [1.82, 2.24) is 19.9 Å². The Hall–Kier alpha value is -3.59. The molecule has 0 unspecified atom stereocenters. The average Bonchev–Trinajstić information content (AvgIpc) is 2.83. The van der Waals surface area contributed by atoms with Crippen molar-refractivity contribution >= 4 is 17.2 Å². The average molecular weight is 448 g/mol. The number of carbonyl (C=O) groups is 1. The zero-order chi connectivity index (χ0) is 23.2. The van der Waals surface area contributed by atoms with Crippen molar-refractivity contribution in [3.05, 3.63) is 54.2 Å². The maximum Gasteiger partial charge on any atom is 0.232 e. The standard InChI is InChI=1S/C24H29N7O2/c1-2-10-33-23-14-28-13-20(29-23)19-6-5-18(26)24(30-19)22(32)11-16-12-27-8-7-21(16)31-9-3-4-17(25)15-31/h5-8,12-14,17H,2-4,9-11,15,25-26H2,1H3/t17-/m0/s1. The van der Waals surface area contributed by atoms with Crippen molar-refractivity contribution in [2.45, 2.75) is 38.6 Å². The number of Topliss-reactive ketones (excluding diaryl/α,β-unsaturated/α-hetero) is 1. The summed E-state index contributed by atoms with van der Waals surface area (Å²) in [6.07, 6.45) is 9.65. The first kappa shape index (κ1) is 22.6. The van der Waals surface area contributed by atoms with E-state index in [1.807, 2.05) is 13.0 Å². The molecular weight excluding hydrogens is 418 g/mol. The number of hydrogen-bond donors (Lipinski definition) is 2. The number of ether oxygens (including phenoxy) is 1. The van der Waals surface area contributed by atoms with Gasteiger partial charge in [0, 0.05) is 49.2 Å². The number of carbonyl (C=O) groups excluding carboxylic acids is 1. The summed E-state index contributed by atoms with van der Waals surface area (Å²) in [5.74, 6) is 0.233. The van der Waals surface area contributed by atoms with Gasteiger partial charge in [0.25, 0.3) is 0 Å². The molecule has 3 aromatic rings. The zero-order valence-electron chi connectivity index (χ0n) is 18.8. The number of nitrogen functional groups attached to an aromatic ring is 1. The highest BCUT2D eigenvalue weighted by atomic mass is 16.5. The van der Waals surface area contributed by atoms with Gasteiger partial charge in [0.2, 0.25) is 5.88 Å². The minimum absolute atomic E-state index is 0.127. The van der Waals surface area contributed by atoms with E-state index in [-0.39, 0.29) is 23.9 Å². The SMILES string of the molecule is CCCOc1cncc(-c2ccc(N)c(C(=O)Cc3cnccc3N3CCC[C@H](N)C3)n2)n1. The number of nitrogens with zero attached hydrogens (tertiary/aromatic N) is 5. The molecule has 9 nitrogen and oxygen atoms in total. The van der Waals surface area contributed by atoms with Crippen molar-refractivity contribution in [2.75, 3.05) is 30.3 Å². The number of hydrogen-bond acceptors (Lipinski definition) is 9. The van der Waals surface area contributed by atoms with Crippen molar-refractivity contribution in [3.63, 3.8) is 0 Å². The Kier molecular flexibility index (Phi) is 7.09. The number of rotatable bonds is 8. The molecule has 0 aromatic carbocycles. The minimum atomic E-state index is -0.184. The molecule has 0 bridgehead atoms. The highest BCUT2D eigenvalue weighted by Gasteiger charge is 2.22. The van der Waals surface area contributed by atoms with Gasteiger partial charge < -0.3 is 21.1 Å². The van der Waals surface area contributed by atoms with E-state index < -0.39 is 0 Å². The number of ketones is 1. The van der Waals surface area contributed by atoms with Crippen molar-refractivity contribution < 1.29 is 9.53 Å². The molecule has 4 heterocycles. The third kappa shape index (κ3) is 5.43. The third-order valence-electron chi connectivity index (χ3n) is 5.55. The Balaban J connectivity index is 1.58. The Morgan fingerprint density at radius 3 is 2.85 bits per heavy atom. The predicted octanol–water partition coefficient (Wildman–Crippen LogP) is 2.66. The maximum atomic E-state index is 13.3. The van der Waals surface area contributed by atoms with Gasteiger partial charge in [0.05, 0.1) is 30.4 Å². The molecule has 1 atom stereocenters. The summed E-state index contributed by atoms with van der Waals surface area (Å²) in [5, 5.41) is 0. The van der Waals surface area contributed by atoms with E-state index in [1.165, 1.54) is 0 Å². The second kappa shape index (κ2) is 10.4. The Bertz CT molecular complexity index is 1120. The molecule has 0 amide bonds. The molecule has 0 radical (unpaired) electrons. The maximum absolute atomic E-state index is 13.3. The van der Waals surface area contributed by atoms with Crippen LogP contribution in [0.5, 0.6) is 5.88 Å². The quantitative estimate of drug-likeness (QED) is 0.500. The lowest BCUT2D eigenvalue weighted by atomic mass is 10.0. The molecular formula is C24H29N7O2. The summed E-state index contributed by atoms with van der Waals surface area (Å²) >= 11 is 0. The molecule has 4 rings (SSSR count). The summed E-state index contributed by atoms with van der Waals surface area (Å²) in [6, 6.07) is 5.46. The highest BCUT2D eigenvalue weighted by molar-refractivity contribution is 6.01. The van der Waals surface area contributed by atoms with Gasteiger partial charge in [-0.1, -0.05) is 6.92 Å². The molecule has 3 aromatic heterocycles. The van der Waals surface area contributed by atoms with Crippen molar-refractivity contribution in [1.29, 1.82) is 0 Å². The van der Waals surface area contributed by atoms with Gasteiger partial charge in [-0.15, -0.1) is 0 Å². The lowest BCUT2D eigenvalue weighted by molar-refractivity contribution is 0.0989. The van der Waals surface area contributed by atoms with E-state index >= 15 is 0 Å². The molecule has 0 aliphatic carbocycles.